The van der Waals surface area contributed by atoms with Crippen LogP contribution in [0.2, 0.25) is 0 Å². The van der Waals surface area contributed by atoms with Crippen LogP contribution in [0.1, 0.15) is 0 Å². The van der Waals surface area contributed by atoms with Crippen molar-refractivity contribution in [2.75, 3.05) is 0 Å². The van der Waals surface area contributed by atoms with E-state index in [-0.39, 0.29) is 89.7 Å². The Morgan fingerprint density at radius 1 is 0.167 bits per heavy atom. The standard InChI is InChI=1S/C54H36Se6/c1-7-19-37(20-8-1)55-49-31-43-44(32-50(49)56-38-21-9-2-10-22-38)46-34-52(58-40-25-13-4-14-26-40)54(60-42-29-17-6-18-30-42)36-48(46)47-35-53(59-41-27-15-5-16-28-41)51(33-45(43)47)57-39-23-11-3-12-24-39/h1-36H. The van der Waals surface area contributed by atoms with Crippen molar-refractivity contribution in [3.63, 3.8) is 0 Å². The fraction of sp³-hybridized carbons (Fsp3) is 0. The first-order valence-corrected chi connectivity index (χ1v) is 29.9. The Labute approximate surface area is 390 Å². The van der Waals surface area contributed by atoms with Crippen molar-refractivity contribution in [3.05, 3.63) is 218 Å². The maximum absolute atomic E-state index is 2.62. The molecule has 0 unspecified atom stereocenters. The van der Waals surface area contributed by atoms with Gasteiger partial charge in [0, 0.05) is 0 Å². The molecule has 0 heterocycles. The molecule has 0 aliphatic heterocycles. The third-order valence-electron chi connectivity index (χ3n) is 9.95. The topological polar surface area (TPSA) is 0 Å². The molecule has 0 saturated heterocycles. The molecule has 0 nitrogen and oxygen atoms in total. The van der Waals surface area contributed by atoms with E-state index in [1.54, 1.807) is 0 Å². The van der Waals surface area contributed by atoms with Crippen LogP contribution in [0, 0.1) is 0 Å². The molecule has 288 valence electrons. The Hall–Kier alpha value is -3.90. The molecule has 0 atom stereocenters. The summed E-state index contributed by atoms with van der Waals surface area (Å²) in [6.45, 7) is 0. The van der Waals surface area contributed by atoms with Gasteiger partial charge in [0.25, 0.3) is 0 Å². The maximum atomic E-state index is 2.62. The SMILES string of the molecule is c1ccc([Se]c2cc3c4cc([Se]c5ccccc5)c([Se]c5ccccc5)cc4c4cc([Se]c5ccccc5)c([Se]c5ccccc5)cc4c3cc2[Se]c2ccccc2)cc1. The van der Waals surface area contributed by atoms with Crippen LogP contribution in [0.4, 0.5) is 0 Å². The molecule has 10 aromatic carbocycles. The van der Waals surface area contributed by atoms with Crippen molar-refractivity contribution in [2.45, 2.75) is 0 Å². The molecule has 0 saturated carbocycles. The zero-order valence-corrected chi connectivity index (χ0v) is 42.5. The molecule has 0 radical (unpaired) electrons. The van der Waals surface area contributed by atoms with Crippen LogP contribution in [0.25, 0.3) is 32.3 Å². The second-order valence-corrected chi connectivity index (χ2v) is 28.1. The molecular weight excluding hydrogens is 1120 g/mol. The Kier molecular flexibility index (Phi) is 12.7. The first-order chi connectivity index (χ1) is 29.7. The van der Waals surface area contributed by atoms with E-state index in [4.69, 9.17) is 0 Å². The van der Waals surface area contributed by atoms with Crippen LogP contribution in [0.5, 0.6) is 0 Å². The summed E-state index contributed by atoms with van der Waals surface area (Å²) in [6.07, 6.45) is 0. The van der Waals surface area contributed by atoms with E-state index < -0.39 is 0 Å². The van der Waals surface area contributed by atoms with E-state index in [1.165, 1.54) is 85.9 Å². The van der Waals surface area contributed by atoms with Crippen molar-refractivity contribution in [1.29, 1.82) is 0 Å². The second-order valence-electron chi connectivity index (χ2n) is 14.0. The first-order valence-electron chi connectivity index (χ1n) is 19.6. The molecule has 0 N–H and O–H groups in total. The van der Waals surface area contributed by atoms with E-state index in [2.05, 4.69) is 218 Å². The van der Waals surface area contributed by atoms with Gasteiger partial charge in [-0.1, -0.05) is 0 Å². The quantitative estimate of drug-likeness (QED) is 0.131. The van der Waals surface area contributed by atoms with Crippen LogP contribution < -0.4 is 53.5 Å². The minimum absolute atomic E-state index is 0.166. The summed E-state index contributed by atoms with van der Waals surface area (Å²) in [5.74, 6) is 0. The normalized spacial score (nSPS) is 11.4. The summed E-state index contributed by atoms with van der Waals surface area (Å²) in [6, 6.07) is 82.7. The van der Waals surface area contributed by atoms with Crippen molar-refractivity contribution in [2.24, 2.45) is 0 Å². The third-order valence-corrected chi connectivity index (χ3v) is 25.3. The van der Waals surface area contributed by atoms with Crippen molar-refractivity contribution >= 4 is 176 Å². The summed E-state index contributed by atoms with van der Waals surface area (Å²) >= 11 is 0.996. The van der Waals surface area contributed by atoms with Crippen molar-refractivity contribution in [1.82, 2.24) is 0 Å². The number of benzene rings is 10. The zero-order valence-electron chi connectivity index (χ0n) is 32.2. The van der Waals surface area contributed by atoms with Gasteiger partial charge in [-0.3, -0.25) is 0 Å². The molecule has 0 fully saturated rings. The van der Waals surface area contributed by atoms with Gasteiger partial charge >= 0.3 is 394 Å². The predicted molar refractivity (Wildman–Crippen MR) is 268 cm³/mol. The van der Waals surface area contributed by atoms with Crippen LogP contribution in [-0.2, 0) is 0 Å². The summed E-state index contributed by atoms with van der Waals surface area (Å²) in [5, 5.41) is 8.34. The van der Waals surface area contributed by atoms with Gasteiger partial charge in [-0.05, 0) is 0 Å². The summed E-state index contributed by atoms with van der Waals surface area (Å²) < 4.78 is 17.5. The molecule has 0 spiro atoms. The number of hydrogen-bond donors (Lipinski definition) is 0. The van der Waals surface area contributed by atoms with Crippen LogP contribution in [0.3, 0.4) is 0 Å². The Morgan fingerprint density at radius 2 is 0.300 bits per heavy atom. The van der Waals surface area contributed by atoms with Crippen molar-refractivity contribution in [3.8, 4) is 0 Å². The molecule has 0 aliphatic carbocycles. The monoisotopic (exact) mass is 1160 g/mol. The number of hydrogen-bond acceptors (Lipinski definition) is 0. The summed E-state index contributed by atoms with van der Waals surface area (Å²) in [5.41, 5.74) is 0. The molecular formula is C54H36Se6. The van der Waals surface area contributed by atoms with Gasteiger partial charge in [-0.15, -0.1) is 0 Å². The summed E-state index contributed by atoms with van der Waals surface area (Å²) in [4.78, 5) is 0. The van der Waals surface area contributed by atoms with Gasteiger partial charge in [0.1, 0.15) is 0 Å². The molecule has 0 amide bonds. The molecule has 10 aromatic rings. The van der Waals surface area contributed by atoms with E-state index in [9.17, 15) is 0 Å². The Morgan fingerprint density at radius 3 is 0.433 bits per heavy atom. The van der Waals surface area contributed by atoms with E-state index >= 15 is 0 Å². The summed E-state index contributed by atoms with van der Waals surface area (Å²) in [7, 11) is 0. The Balaban J connectivity index is 1.28. The second kappa shape index (κ2) is 19.0. The average Bonchev–Trinajstić information content (AvgIpc) is 3.29. The van der Waals surface area contributed by atoms with Gasteiger partial charge in [0.05, 0.1) is 0 Å². The van der Waals surface area contributed by atoms with Gasteiger partial charge in [-0.2, -0.15) is 0 Å². The van der Waals surface area contributed by atoms with Crippen LogP contribution in [0.15, 0.2) is 218 Å². The fourth-order valence-electron chi connectivity index (χ4n) is 7.19. The molecule has 0 bridgehead atoms. The first kappa shape index (κ1) is 40.2. The van der Waals surface area contributed by atoms with E-state index in [0.29, 0.717) is 0 Å². The van der Waals surface area contributed by atoms with Crippen LogP contribution >= 0.6 is 0 Å². The Bertz CT molecular complexity index is 2480. The van der Waals surface area contributed by atoms with E-state index in [0.717, 1.165) is 0 Å². The molecule has 10 rings (SSSR count). The van der Waals surface area contributed by atoms with Crippen molar-refractivity contribution < 1.29 is 0 Å². The molecule has 0 aromatic heterocycles. The fourth-order valence-corrected chi connectivity index (χ4v) is 21.0. The molecule has 0 aliphatic rings. The van der Waals surface area contributed by atoms with Gasteiger partial charge in [-0.25, -0.2) is 0 Å². The number of rotatable bonds is 12. The van der Waals surface area contributed by atoms with Gasteiger partial charge in [0.15, 0.2) is 0 Å². The van der Waals surface area contributed by atoms with E-state index in [1.807, 2.05) is 0 Å². The minimum atomic E-state index is 0.166. The van der Waals surface area contributed by atoms with Gasteiger partial charge in [0.2, 0.25) is 0 Å². The van der Waals surface area contributed by atoms with Gasteiger partial charge < -0.3 is 0 Å². The number of fused-ring (bicyclic) bond motifs is 6. The predicted octanol–water partition coefficient (Wildman–Crippen LogP) is 3.08. The average molecular weight is 1160 g/mol. The molecule has 60 heavy (non-hydrogen) atoms. The zero-order chi connectivity index (χ0) is 40.1. The molecule has 6 heteroatoms. The van der Waals surface area contributed by atoms with Crippen LogP contribution in [-0.4, -0.2) is 89.7 Å². The third kappa shape index (κ3) is 9.29.